The van der Waals surface area contributed by atoms with Crippen molar-refractivity contribution >= 4 is 0 Å². The Balaban J connectivity index is 0. The minimum atomic E-state index is -5.50. The summed E-state index contributed by atoms with van der Waals surface area (Å²) in [6.07, 6.45) is -5.50. The van der Waals surface area contributed by atoms with Crippen molar-refractivity contribution in [2.75, 3.05) is 28.2 Å². The molecule has 0 aromatic heterocycles. The number of nitrogens with zero attached hydrogens (tertiary/aromatic N) is 1. The van der Waals surface area contributed by atoms with Crippen LogP contribution in [0.5, 0.6) is 0 Å². The Morgan fingerprint density at radius 3 is 0.800 bits per heavy atom. The van der Waals surface area contributed by atoms with E-state index in [0.29, 0.717) is 0 Å². The molecule has 0 aliphatic heterocycles. The first-order chi connectivity index (χ1) is 4.00. The molecule has 0 atom stereocenters. The summed E-state index contributed by atoms with van der Waals surface area (Å²) in [7, 11) is 8.50. The number of quaternary nitrogens is 1. The molecule has 5 heteroatoms. The van der Waals surface area contributed by atoms with Gasteiger partial charge in [0.15, 0.2) is 0 Å². The molecule has 0 aromatic rings. The molecule has 0 aromatic carbocycles. The van der Waals surface area contributed by atoms with Gasteiger partial charge in [-0.2, -0.15) is 0 Å². The lowest BCUT2D eigenvalue weighted by Gasteiger charge is -2.14. The van der Waals surface area contributed by atoms with Crippen LogP contribution in [0.2, 0.25) is 0 Å². The Morgan fingerprint density at radius 1 is 0.800 bits per heavy atom. The lowest BCUT2D eigenvalue weighted by molar-refractivity contribution is -0.849. The molecule has 64 valence electrons. The van der Waals surface area contributed by atoms with E-state index in [1.807, 2.05) is 0 Å². The van der Waals surface area contributed by atoms with E-state index in [-0.39, 0.29) is 0 Å². The zero-order valence-corrected chi connectivity index (χ0v) is 6.46. The summed E-state index contributed by atoms with van der Waals surface area (Å²) < 4.78 is 39.8. The molecule has 0 saturated heterocycles. The van der Waals surface area contributed by atoms with Gasteiger partial charge in [0.25, 0.3) is 0 Å². The summed E-state index contributed by atoms with van der Waals surface area (Å²) in [5, 5.41) is 0. The molecular weight excluding hydrogens is 150 g/mol. The monoisotopic (exact) mass is 162 g/mol. The van der Waals surface area contributed by atoms with Crippen molar-refractivity contribution < 1.29 is 22.0 Å². The van der Waals surface area contributed by atoms with Gasteiger partial charge < -0.3 is 4.48 Å². The predicted octanol–water partition coefficient (Wildman–Crippen LogP) is 1.80. The molecule has 0 radical (unpaired) electrons. The van der Waals surface area contributed by atoms with E-state index in [2.05, 4.69) is 28.2 Å². The number of hydrogen-bond acceptors (Lipinski definition) is 0. The first-order valence-electron chi connectivity index (χ1n) is 2.54. The van der Waals surface area contributed by atoms with Crippen LogP contribution in [0.3, 0.4) is 0 Å². The van der Waals surface area contributed by atoms with Crippen LogP contribution in [-0.4, -0.2) is 39.1 Å². The Bertz CT molecular complexity index is 56.6. The lowest BCUT2D eigenvalue weighted by atomic mass is 10.8. The summed E-state index contributed by atoms with van der Waals surface area (Å²) in [5.74, 6) is 0. The topological polar surface area (TPSA) is 0 Å². The van der Waals surface area contributed by atoms with Crippen molar-refractivity contribution in [3.05, 3.63) is 0 Å². The fourth-order valence-corrected chi connectivity index (χ4v) is 0. The van der Waals surface area contributed by atoms with Crippen molar-refractivity contribution in [3.63, 3.8) is 0 Å². The maximum absolute atomic E-state index is 9.69. The number of rotatable bonds is 0. The van der Waals surface area contributed by atoms with E-state index in [4.69, 9.17) is 0 Å². The van der Waals surface area contributed by atoms with Gasteiger partial charge >= 0.3 is 6.43 Å². The van der Waals surface area contributed by atoms with Gasteiger partial charge in [0.05, 0.1) is 28.2 Å². The summed E-state index contributed by atoms with van der Waals surface area (Å²) >= 11 is 0. The molecule has 0 heterocycles. The fraction of sp³-hybridized carbons (Fsp3) is 1.00. The average Bonchev–Trinajstić information content (AvgIpc) is 1.12. The normalized spacial score (nSPS) is 12.0. The lowest BCUT2D eigenvalue weighted by Crippen LogP contribution is -2.27. The van der Waals surface area contributed by atoms with Crippen molar-refractivity contribution in [2.24, 2.45) is 0 Å². The van der Waals surface area contributed by atoms with Gasteiger partial charge in [0, 0.05) is 0 Å². The zero-order valence-electron chi connectivity index (χ0n) is 6.46. The molecule has 0 N–H and O–H groups in total. The van der Waals surface area contributed by atoms with Gasteiger partial charge in [-0.3, -0.25) is 0 Å². The molecule has 0 amide bonds. The van der Waals surface area contributed by atoms with E-state index in [0.717, 1.165) is 4.48 Å². The van der Waals surface area contributed by atoms with Gasteiger partial charge in [0.2, 0.25) is 0 Å². The molecule has 0 fully saturated rings. The molecule has 0 unspecified atom stereocenters. The van der Waals surface area contributed by atoms with Crippen LogP contribution in [0.25, 0.3) is 0 Å². The second-order valence-corrected chi connectivity index (χ2v) is 3.11. The van der Waals surface area contributed by atoms with Crippen molar-refractivity contribution in [1.82, 2.24) is 0 Å². The summed E-state index contributed by atoms with van der Waals surface area (Å²) in [6.45, 7) is 0. The van der Waals surface area contributed by atoms with Gasteiger partial charge in [0.1, 0.15) is 0 Å². The van der Waals surface area contributed by atoms with Gasteiger partial charge in [-0.25, -0.2) is 0 Å². The third-order valence-corrected chi connectivity index (χ3v) is 0. The highest BCUT2D eigenvalue weighted by atomic mass is 19.5. The predicted molar refractivity (Wildman–Crippen MR) is 31.1 cm³/mol. The van der Waals surface area contributed by atoms with Crippen LogP contribution in [0.15, 0.2) is 0 Å². The molecule has 0 spiro atoms. The minimum absolute atomic E-state index is 1.00. The molecule has 10 heavy (non-hydrogen) atoms. The highest BCUT2D eigenvalue weighted by Crippen LogP contribution is 2.13. The van der Waals surface area contributed by atoms with Crippen LogP contribution >= 0.6 is 0 Å². The van der Waals surface area contributed by atoms with E-state index in [1.54, 1.807) is 0 Å². The van der Waals surface area contributed by atoms with Crippen molar-refractivity contribution in [3.8, 4) is 0 Å². The van der Waals surface area contributed by atoms with Crippen LogP contribution in [0.4, 0.5) is 17.6 Å². The van der Waals surface area contributed by atoms with Crippen molar-refractivity contribution in [1.29, 1.82) is 0 Å². The van der Waals surface area contributed by atoms with Crippen LogP contribution < -0.4 is 0 Å². The molecular formula is C5H12F4N+. The smallest absolute Gasteiger partial charge is 0.333 e. The molecule has 0 aliphatic carbocycles. The van der Waals surface area contributed by atoms with Gasteiger partial charge in [-0.1, -0.05) is 0 Å². The largest absolute Gasteiger partial charge is 0.559 e. The summed E-state index contributed by atoms with van der Waals surface area (Å²) in [5.41, 5.74) is 0. The Morgan fingerprint density at radius 2 is 0.800 bits per heavy atom. The first kappa shape index (κ1) is 12.4. The van der Waals surface area contributed by atoms with E-state index in [9.17, 15) is 17.6 Å². The third kappa shape index (κ3) is 3350. The highest BCUT2D eigenvalue weighted by molar-refractivity contribution is 4.08. The summed E-state index contributed by atoms with van der Waals surface area (Å²) in [6, 6.07) is 0. The Labute approximate surface area is 57.8 Å². The maximum atomic E-state index is 9.69. The molecule has 0 saturated carbocycles. The quantitative estimate of drug-likeness (QED) is 0.376. The van der Waals surface area contributed by atoms with Crippen LogP contribution in [0.1, 0.15) is 0 Å². The Kier molecular flexibility index (Phi) is 4.64. The van der Waals surface area contributed by atoms with E-state index < -0.39 is 6.43 Å². The number of alkyl halides is 4. The van der Waals surface area contributed by atoms with E-state index in [1.165, 1.54) is 0 Å². The second kappa shape index (κ2) is 3.75. The minimum Gasteiger partial charge on any atom is -0.333 e. The maximum Gasteiger partial charge on any atom is 0.559 e. The average molecular weight is 162 g/mol. The molecule has 0 aliphatic rings. The molecule has 0 bridgehead atoms. The van der Waals surface area contributed by atoms with Gasteiger partial charge in [-0.15, -0.1) is 17.6 Å². The van der Waals surface area contributed by atoms with Gasteiger partial charge in [-0.05, 0) is 0 Å². The van der Waals surface area contributed by atoms with Crippen molar-refractivity contribution in [2.45, 2.75) is 6.43 Å². The highest BCUT2D eigenvalue weighted by Gasteiger charge is 2.24. The van der Waals surface area contributed by atoms with E-state index >= 15 is 0 Å². The second-order valence-electron chi connectivity index (χ2n) is 3.11. The standard InChI is InChI=1S/C4H12N.CF4/c1-5(2,3)4;2-1(3,4)5/h1-4H3;/q+1;. The van der Waals surface area contributed by atoms with Crippen LogP contribution in [-0.2, 0) is 0 Å². The summed E-state index contributed by atoms with van der Waals surface area (Å²) in [4.78, 5) is 0. The number of hydrogen-bond donors (Lipinski definition) is 0. The first-order valence-corrected chi connectivity index (χ1v) is 2.54. The third-order valence-electron chi connectivity index (χ3n) is 0. The number of halogens is 4. The molecule has 1 nitrogen and oxygen atoms in total. The van der Waals surface area contributed by atoms with Crippen LogP contribution in [0, 0.1) is 0 Å². The molecule has 0 rings (SSSR count). The fourth-order valence-electron chi connectivity index (χ4n) is 0. The zero-order chi connectivity index (χ0) is 9.00. The Hall–Kier alpha value is -0.320. The SMILES string of the molecule is C[N+](C)(C)C.FC(F)(F)F.